The van der Waals surface area contributed by atoms with E-state index < -0.39 is 0 Å². The number of pyridine rings is 1. The van der Waals surface area contributed by atoms with Gasteiger partial charge in [-0.3, -0.25) is 14.4 Å². The van der Waals surface area contributed by atoms with Gasteiger partial charge < -0.3 is 20.3 Å². The van der Waals surface area contributed by atoms with Gasteiger partial charge in [0.15, 0.2) is 6.61 Å². The number of aryl methyl sites for hydroxylation is 2. The first-order valence-electron chi connectivity index (χ1n) is 10.6. The van der Waals surface area contributed by atoms with Crippen molar-refractivity contribution in [3.63, 3.8) is 0 Å². The highest BCUT2D eigenvalue weighted by atomic mass is 16.5. The Balaban J connectivity index is 1.31. The number of fused-ring (bicyclic) bond motifs is 1. The Bertz CT molecular complexity index is 1010. The highest BCUT2D eigenvalue weighted by Crippen LogP contribution is 2.27. The van der Waals surface area contributed by atoms with Crippen LogP contribution >= 0.6 is 0 Å². The Morgan fingerprint density at radius 2 is 2.16 bits per heavy atom. The Labute approximate surface area is 181 Å². The molecule has 4 rings (SSSR count). The molecular formula is C23H26N4O4. The molecule has 1 saturated heterocycles. The van der Waals surface area contributed by atoms with Crippen molar-refractivity contribution >= 4 is 29.2 Å². The van der Waals surface area contributed by atoms with Crippen LogP contribution in [0.3, 0.4) is 0 Å². The van der Waals surface area contributed by atoms with Crippen LogP contribution < -0.4 is 15.4 Å². The summed E-state index contributed by atoms with van der Waals surface area (Å²) in [6, 6.07) is 9.13. The molecule has 2 aliphatic heterocycles. The van der Waals surface area contributed by atoms with Crippen molar-refractivity contribution in [2.45, 2.75) is 32.6 Å². The predicted octanol–water partition coefficient (Wildman–Crippen LogP) is 2.53. The molecule has 3 heterocycles. The third-order valence-corrected chi connectivity index (χ3v) is 5.73. The van der Waals surface area contributed by atoms with Gasteiger partial charge in [0.05, 0.1) is 5.92 Å². The molecule has 8 heteroatoms. The van der Waals surface area contributed by atoms with Crippen molar-refractivity contribution in [1.29, 1.82) is 0 Å². The summed E-state index contributed by atoms with van der Waals surface area (Å²) in [5.41, 5.74) is 2.70. The Morgan fingerprint density at radius 3 is 3.00 bits per heavy atom. The second kappa shape index (κ2) is 9.16. The van der Waals surface area contributed by atoms with Crippen LogP contribution in [0.25, 0.3) is 0 Å². The van der Waals surface area contributed by atoms with Crippen LogP contribution in [0.15, 0.2) is 36.5 Å². The second-order valence-corrected chi connectivity index (χ2v) is 7.99. The van der Waals surface area contributed by atoms with E-state index in [0.29, 0.717) is 37.5 Å². The van der Waals surface area contributed by atoms with E-state index in [1.165, 1.54) is 0 Å². The third-order valence-electron chi connectivity index (χ3n) is 5.73. The summed E-state index contributed by atoms with van der Waals surface area (Å²) >= 11 is 0. The van der Waals surface area contributed by atoms with E-state index in [4.69, 9.17) is 4.74 Å². The number of piperidine rings is 1. The first-order valence-corrected chi connectivity index (χ1v) is 10.6. The number of nitrogens with zero attached hydrogens (tertiary/aromatic N) is 2. The van der Waals surface area contributed by atoms with Crippen molar-refractivity contribution < 1.29 is 19.1 Å². The topological polar surface area (TPSA) is 101 Å². The molecule has 1 unspecified atom stereocenters. The van der Waals surface area contributed by atoms with E-state index in [1.54, 1.807) is 23.2 Å². The zero-order valence-corrected chi connectivity index (χ0v) is 17.5. The monoisotopic (exact) mass is 422 g/mol. The molecule has 0 radical (unpaired) electrons. The fraction of sp³-hybridized carbons (Fsp3) is 0.391. The molecule has 162 valence electrons. The van der Waals surface area contributed by atoms with Gasteiger partial charge in [0, 0.05) is 31.4 Å². The summed E-state index contributed by atoms with van der Waals surface area (Å²) in [7, 11) is 0. The second-order valence-electron chi connectivity index (χ2n) is 7.99. The molecule has 1 aromatic heterocycles. The normalized spacial score (nSPS) is 18.0. The van der Waals surface area contributed by atoms with Crippen LogP contribution in [0.4, 0.5) is 11.5 Å². The smallest absolute Gasteiger partial charge is 0.260 e. The maximum atomic E-state index is 12.7. The summed E-state index contributed by atoms with van der Waals surface area (Å²) in [4.78, 5) is 42.7. The van der Waals surface area contributed by atoms with Crippen molar-refractivity contribution in [1.82, 2.24) is 9.88 Å². The minimum absolute atomic E-state index is 0.0123. The SMILES string of the molecule is Cc1cccnc1NC(=O)C1CCCN(C(=O)COc2ccc3c(c2)CCC(=O)N3)C1. The van der Waals surface area contributed by atoms with Crippen LogP contribution in [-0.2, 0) is 20.8 Å². The molecule has 0 saturated carbocycles. The Hall–Kier alpha value is -3.42. The molecule has 2 N–H and O–H groups in total. The van der Waals surface area contributed by atoms with Crippen LogP contribution in [0, 0.1) is 12.8 Å². The first kappa shape index (κ1) is 20.8. The van der Waals surface area contributed by atoms with Crippen molar-refractivity contribution in [3.8, 4) is 5.75 Å². The molecule has 2 aromatic rings. The maximum Gasteiger partial charge on any atom is 0.260 e. The largest absolute Gasteiger partial charge is 0.484 e. The van der Waals surface area contributed by atoms with Gasteiger partial charge in [-0.05, 0) is 61.6 Å². The van der Waals surface area contributed by atoms with E-state index in [0.717, 1.165) is 29.7 Å². The number of rotatable bonds is 5. The number of anilines is 2. The number of hydrogen-bond donors (Lipinski definition) is 2. The van der Waals surface area contributed by atoms with Gasteiger partial charge >= 0.3 is 0 Å². The number of benzene rings is 1. The van der Waals surface area contributed by atoms with E-state index >= 15 is 0 Å². The standard InChI is InChI=1S/C23H26N4O4/c1-15-4-2-10-24-22(15)26-23(30)17-5-3-11-27(13-17)21(29)14-31-18-7-8-19-16(12-18)6-9-20(28)25-19/h2,4,7-8,10,12,17H,3,5-6,9,11,13-14H2,1H3,(H,25,28)(H,24,26,30). The molecule has 2 aliphatic rings. The van der Waals surface area contributed by atoms with Crippen LogP contribution in [0.2, 0.25) is 0 Å². The zero-order chi connectivity index (χ0) is 21.8. The number of ether oxygens (including phenoxy) is 1. The van der Waals surface area contributed by atoms with Gasteiger partial charge in [0.25, 0.3) is 5.91 Å². The lowest BCUT2D eigenvalue weighted by Crippen LogP contribution is -2.45. The molecule has 0 aliphatic carbocycles. The molecule has 8 nitrogen and oxygen atoms in total. The quantitative estimate of drug-likeness (QED) is 0.771. The van der Waals surface area contributed by atoms with E-state index in [1.807, 2.05) is 25.1 Å². The highest BCUT2D eigenvalue weighted by molar-refractivity contribution is 5.94. The Kier molecular flexibility index (Phi) is 6.16. The summed E-state index contributed by atoms with van der Waals surface area (Å²) in [6.07, 6.45) is 4.25. The van der Waals surface area contributed by atoms with Crippen molar-refractivity contribution in [2.24, 2.45) is 5.92 Å². The minimum Gasteiger partial charge on any atom is -0.484 e. The molecule has 3 amide bonds. The van der Waals surface area contributed by atoms with E-state index in [9.17, 15) is 14.4 Å². The van der Waals surface area contributed by atoms with Crippen LogP contribution in [0.1, 0.15) is 30.4 Å². The van der Waals surface area contributed by atoms with Gasteiger partial charge in [-0.25, -0.2) is 4.98 Å². The average Bonchev–Trinajstić information content (AvgIpc) is 2.79. The fourth-order valence-electron chi connectivity index (χ4n) is 3.94. The lowest BCUT2D eigenvalue weighted by molar-refractivity contribution is -0.136. The zero-order valence-electron chi connectivity index (χ0n) is 17.5. The average molecular weight is 422 g/mol. The summed E-state index contributed by atoms with van der Waals surface area (Å²) in [6.45, 7) is 2.80. The fourth-order valence-corrected chi connectivity index (χ4v) is 3.94. The number of hydrogen-bond acceptors (Lipinski definition) is 5. The Morgan fingerprint density at radius 1 is 1.29 bits per heavy atom. The summed E-state index contributed by atoms with van der Waals surface area (Å²) < 4.78 is 5.71. The van der Waals surface area contributed by atoms with Crippen LogP contribution in [0.5, 0.6) is 5.75 Å². The maximum absolute atomic E-state index is 12.7. The number of aromatic nitrogens is 1. The number of likely N-dealkylation sites (tertiary alicyclic amines) is 1. The molecule has 1 aromatic carbocycles. The number of nitrogens with one attached hydrogen (secondary N) is 2. The van der Waals surface area contributed by atoms with Gasteiger partial charge in [-0.15, -0.1) is 0 Å². The molecule has 0 bridgehead atoms. The number of carbonyl (C=O) groups excluding carboxylic acids is 3. The number of amides is 3. The third kappa shape index (κ3) is 5.02. The molecular weight excluding hydrogens is 396 g/mol. The highest BCUT2D eigenvalue weighted by Gasteiger charge is 2.29. The molecule has 1 atom stereocenters. The van der Waals surface area contributed by atoms with Gasteiger partial charge in [0.2, 0.25) is 11.8 Å². The molecule has 31 heavy (non-hydrogen) atoms. The lowest BCUT2D eigenvalue weighted by atomic mass is 9.97. The first-order chi connectivity index (χ1) is 15.0. The van der Waals surface area contributed by atoms with Gasteiger partial charge in [-0.1, -0.05) is 6.07 Å². The number of carbonyl (C=O) groups is 3. The van der Waals surface area contributed by atoms with Crippen molar-refractivity contribution in [3.05, 3.63) is 47.7 Å². The predicted molar refractivity (Wildman–Crippen MR) is 116 cm³/mol. The van der Waals surface area contributed by atoms with Crippen molar-refractivity contribution in [2.75, 3.05) is 30.3 Å². The van der Waals surface area contributed by atoms with Gasteiger partial charge in [-0.2, -0.15) is 0 Å². The molecule has 1 fully saturated rings. The van der Waals surface area contributed by atoms with Crippen LogP contribution in [-0.4, -0.2) is 47.3 Å². The summed E-state index contributed by atoms with van der Waals surface area (Å²) in [5.74, 6) is 0.641. The van der Waals surface area contributed by atoms with E-state index in [-0.39, 0.29) is 30.2 Å². The summed E-state index contributed by atoms with van der Waals surface area (Å²) in [5, 5.41) is 5.71. The van der Waals surface area contributed by atoms with Gasteiger partial charge in [0.1, 0.15) is 11.6 Å². The minimum atomic E-state index is -0.272. The molecule has 0 spiro atoms. The van der Waals surface area contributed by atoms with E-state index in [2.05, 4.69) is 15.6 Å². The lowest BCUT2D eigenvalue weighted by Gasteiger charge is -2.32.